The number of allylic oxidation sites excluding steroid dienone is 5. The summed E-state index contributed by atoms with van der Waals surface area (Å²) in [7, 11) is 1.55. The van der Waals surface area contributed by atoms with Crippen molar-refractivity contribution in [3.8, 4) is 0 Å². The topological polar surface area (TPSA) is 26.3 Å². The highest BCUT2D eigenvalue weighted by Gasteiger charge is 2.11. The zero-order valence-corrected chi connectivity index (χ0v) is 13.4. The summed E-state index contributed by atoms with van der Waals surface area (Å²) in [5.41, 5.74) is 2.03. The van der Waals surface area contributed by atoms with Gasteiger partial charge in [-0.15, -0.1) is 25.3 Å². The number of hydrogen-bond acceptors (Lipinski definition) is 4. The summed E-state index contributed by atoms with van der Waals surface area (Å²) < 4.78 is 5.04. The molecule has 0 rings (SSSR count). The zero-order chi connectivity index (χ0) is 14.3. The highest BCUT2D eigenvalue weighted by molar-refractivity contribution is 7.84. The van der Waals surface area contributed by atoms with Gasteiger partial charge in [0.2, 0.25) is 0 Å². The molecule has 0 aromatic heterocycles. The van der Waals surface area contributed by atoms with Crippen LogP contribution >= 0.6 is 25.3 Å². The molecule has 0 radical (unpaired) electrons. The van der Waals surface area contributed by atoms with Crippen molar-refractivity contribution >= 4 is 31.5 Å². The predicted octanol–water partition coefficient (Wildman–Crippen LogP) is 3.82. The van der Waals surface area contributed by atoms with E-state index in [0.717, 1.165) is 22.3 Å². The number of aldehydes is 1. The second-order valence-electron chi connectivity index (χ2n) is 4.42. The number of carbonyl (C=O) groups excluding carboxylic acids is 1. The smallest absolute Gasteiger partial charge is 0.150 e. The second-order valence-corrected chi connectivity index (χ2v) is 5.60. The van der Waals surface area contributed by atoms with Crippen molar-refractivity contribution in [2.45, 2.75) is 33.1 Å². The van der Waals surface area contributed by atoms with E-state index < -0.39 is 5.44 Å². The Bertz CT molecular complexity index is 375. The Kier molecular flexibility index (Phi) is 8.40. The molecule has 1 atom stereocenters. The van der Waals surface area contributed by atoms with Gasteiger partial charge in [-0.25, -0.2) is 0 Å². The van der Waals surface area contributed by atoms with Crippen molar-refractivity contribution in [2.24, 2.45) is 5.92 Å². The van der Waals surface area contributed by atoms with Crippen molar-refractivity contribution in [2.75, 3.05) is 7.11 Å². The van der Waals surface area contributed by atoms with Gasteiger partial charge >= 0.3 is 0 Å². The highest BCUT2D eigenvalue weighted by atomic mass is 32.1. The van der Waals surface area contributed by atoms with Crippen LogP contribution in [0.15, 0.2) is 33.8 Å². The first-order valence-electron chi connectivity index (χ1n) is 5.80. The third-order valence-corrected chi connectivity index (χ3v) is 2.90. The lowest BCUT2D eigenvalue weighted by atomic mass is 9.96. The summed E-state index contributed by atoms with van der Waals surface area (Å²) in [6.07, 6.45) is 4.60. The first-order chi connectivity index (χ1) is 8.33. The van der Waals surface area contributed by atoms with Gasteiger partial charge in [0.1, 0.15) is 11.7 Å². The maximum absolute atomic E-state index is 11.2. The van der Waals surface area contributed by atoms with Crippen molar-refractivity contribution < 1.29 is 9.53 Å². The molecule has 0 spiro atoms. The molecular formula is C14H22O2S2. The van der Waals surface area contributed by atoms with E-state index in [2.05, 4.69) is 45.2 Å². The average molecular weight is 286 g/mol. The van der Waals surface area contributed by atoms with Gasteiger partial charge < -0.3 is 4.74 Å². The Morgan fingerprint density at radius 2 is 1.78 bits per heavy atom. The number of hydrogen-bond donors (Lipinski definition) is 2. The number of ether oxygens (including phenoxy) is 1. The second kappa shape index (κ2) is 8.62. The lowest BCUT2D eigenvalue weighted by Gasteiger charge is -2.13. The van der Waals surface area contributed by atoms with E-state index in [9.17, 15) is 4.79 Å². The molecule has 0 amide bonds. The number of rotatable bonds is 6. The van der Waals surface area contributed by atoms with Crippen LogP contribution in [0.1, 0.15) is 27.7 Å². The van der Waals surface area contributed by atoms with Gasteiger partial charge in [0, 0.05) is 12.7 Å². The van der Waals surface area contributed by atoms with Crippen LogP contribution < -0.4 is 0 Å². The van der Waals surface area contributed by atoms with Gasteiger partial charge in [0.15, 0.2) is 0 Å². The fourth-order valence-electron chi connectivity index (χ4n) is 1.71. The van der Waals surface area contributed by atoms with Crippen LogP contribution in [0, 0.1) is 5.92 Å². The molecule has 0 bridgehead atoms. The molecule has 0 saturated carbocycles. The molecule has 0 heterocycles. The summed E-state index contributed by atoms with van der Waals surface area (Å²) in [5, 5.41) is 0. The van der Waals surface area contributed by atoms with Crippen LogP contribution in [0.25, 0.3) is 0 Å². The average Bonchev–Trinajstić information content (AvgIpc) is 2.26. The van der Waals surface area contributed by atoms with E-state index in [1.165, 1.54) is 0 Å². The van der Waals surface area contributed by atoms with Crippen molar-refractivity contribution in [3.05, 3.63) is 33.8 Å². The largest absolute Gasteiger partial charge is 0.367 e. The molecule has 0 aromatic rings. The van der Waals surface area contributed by atoms with E-state index in [1.54, 1.807) is 13.2 Å². The molecule has 102 valence electrons. The Labute approximate surface area is 121 Å². The van der Waals surface area contributed by atoms with E-state index in [1.807, 2.05) is 13.8 Å². The van der Waals surface area contributed by atoms with E-state index in [0.29, 0.717) is 11.5 Å². The van der Waals surface area contributed by atoms with Gasteiger partial charge in [0.25, 0.3) is 0 Å². The van der Waals surface area contributed by atoms with Crippen molar-refractivity contribution in [3.63, 3.8) is 0 Å². The Morgan fingerprint density at radius 1 is 1.22 bits per heavy atom. The molecule has 0 aliphatic rings. The van der Waals surface area contributed by atoms with E-state index >= 15 is 0 Å². The maximum atomic E-state index is 11.2. The molecular weight excluding hydrogens is 264 g/mol. The number of thiol groups is 2. The summed E-state index contributed by atoms with van der Waals surface area (Å²) >= 11 is 8.57. The fraction of sp³-hybridized carbons (Fsp3) is 0.500. The van der Waals surface area contributed by atoms with Crippen LogP contribution in [0.4, 0.5) is 0 Å². The summed E-state index contributed by atoms with van der Waals surface area (Å²) in [6.45, 7) is 8.03. The standard InChI is InChI=1S/C14H22O2S2/c1-9(2)6-10(3)14(11(4)17)12(8-15)7-13(18)16-5/h6-9,13,17-18H,1-5H3/b10-6-,12-7+,14-11-. The third-order valence-electron chi connectivity index (χ3n) is 2.32. The molecule has 0 N–H and O–H groups in total. The molecule has 0 aromatic carbocycles. The Morgan fingerprint density at radius 3 is 2.11 bits per heavy atom. The van der Waals surface area contributed by atoms with Gasteiger partial charge in [-0.1, -0.05) is 19.9 Å². The van der Waals surface area contributed by atoms with Crippen LogP contribution in [-0.2, 0) is 9.53 Å². The number of carbonyl (C=O) groups is 1. The summed E-state index contributed by atoms with van der Waals surface area (Å²) in [4.78, 5) is 12.0. The monoisotopic (exact) mass is 286 g/mol. The quantitative estimate of drug-likeness (QED) is 0.255. The van der Waals surface area contributed by atoms with Crippen LogP contribution in [0.3, 0.4) is 0 Å². The fourth-order valence-corrected chi connectivity index (χ4v) is 2.17. The Hall–Kier alpha value is -0.450. The summed E-state index contributed by atoms with van der Waals surface area (Å²) in [5.74, 6) is 0.412. The van der Waals surface area contributed by atoms with Gasteiger partial charge in [0.05, 0.1) is 0 Å². The number of methoxy groups -OCH3 is 1. The molecule has 2 nitrogen and oxygen atoms in total. The zero-order valence-electron chi connectivity index (χ0n) is 11.6. The lowest BCUT2D eigenvalue weighted by molar-refractivity contribution is -0.104. The maximum Gasteiger partial charge on any atom is 0.150 e. The lowest BCUT2D eigenvalue weighted by Crippen LogP contribution is -2.03. The minimum atomic E-state index is -0.403. The molecule has 0 saturated heterocycles. The van der Waals surface area contributed by atoms with Crippen LogP contribution in [0.2, 0.25) is 0 Å². The molecule has 4 heteroatoms. The van der Waals surface area contributed by atoms with E-state index in [4.69, 9.17) is 4.74 Å². The van der Waals surface area contributed by atoms with Crippen molar-refractivity contribution in [1.82, 2.24) is 0 Å². The van der Waals surface area contributed by atoms with Crippen molar-refractivity contribution in [1.29, 1.82) is 0 Å². The molecule has 18 heavy (non-hydrogen) atoms. The molecule has 1 unspecified atom stereocenters. The van der Waals surface area contributed by atoms with Gasteiger partial charge in [-0.3, -0.25) is 4.79 Å². The Balaban J connectivity index is 5.57. The normalized spacial score (nSPS) is 16.7. The minimum absolute atomic E-state index is 0.403. The molecule has 0 aliphatic carbocycles. The molecule has 0 fully saturated rings. The highest BCUT2D eigenvalue weighted by Crippen LogP contribution is 2.26. The molecule has 0 aliphatic heterocycles. The first-order valence-corrected chi connectivity index (χ1v) is 6.76. The SMILES string of the molecule is COC(S)/C=C(C=O)/C(C(/C)=C\C(C)C)=C(/C)S. The van der Waals surface area contributed by atoms with Gasteiger partial charge in [-0.05, 0) is 41.9 Å². The third kappa shape index (κ3) is 5.94. The first kappa shape index (κ1) is 17.6. The minimum Gasteiger partial charge on any atom is -0.367 e. The van der Waals surface area contributed by atoms with E-state index in [-0.39, 0.29) is 0 Å². The summed E-state index contributed by atoms with van der Waals surface area (Å²) in [6, 6.07) is 0. The van der Waals surface area contributed by atoms with Crippen LogP contribution in [-0.4, -0.2) is 18.8 Å². The van der Waals surface area contributed by atoms with Gasteiger partial charge in [-0.2, -0.15) is 0 Å². The van der Waals surface area contributed by atoms with Crippen LogP contribution in [0.5, 0.6) is 0 Å². The predicted molar refractivity (Wildman–Crippen MR) is 84.2 cm³/mol.